The Morgan fingerprint density at radius 1 is 1.14 bits per heavy atom. The van der Waals surface area contributed by atoms with E-state index in [0.29, 0.717) is 0 Å². The van der Waals surface area contributed by atoms with Gasteiger partial charge < -0.3 is 9.84 Å². The molecule has 1 atom stereocenters. The molecular formula is C17H22N2O2. The Morgan fingerprint density at radius 3 is 2.48 bits per heavy atom. The van der Waals surface area contributed by atoms with Gasteiger partial charge in [0.05, 0.1) is 18.5 Å². The maximum Gasteiger partial charge on any atom is 0.128 e. The molecular weight excluding hydrogens is 264 g/mol. The summed E-state index contributed by atoms with van der Waals surface area (Å²) in [6.07, 6.45) is -0.0317. The molecule has 0 bridgehead atoms. The van der Waals surface area contributed by atoms with E-state index in [1.54, 1.807) is 7.11 Å². The van der Waals surface area contributed by atoms with Gasteiger partial charge in [0.15, 0.2) is 0 Å². The van der Waals surface area contributed by atoms with Crippen molar-refractivity contribution in [3.05, 3.63) is 51.8 Å². The zero-order valence-corrected chi connectivity index (χ0v) is 13.3. The van der Waals surface area contributed by atoms with Crippen LogP contribution in [-0.4, -0.2) is 22.4 Å². The molecule has 0 aliphatic carbocycles. The molecule has 2 aromatic rings. The predicted octanol–water partition coefficient (Wildman–Crippen LogP) is 3.05. The molecule has 21 heavy (non-hydrogen) atoms. The van der Waals surface area contributed by atoms with Crippen molar-refractivity contribution < 1.29 is 9.84 Å². The van der Waals surface area contributed by atoms with Gasteiger partial charge in [0.2, 0.25) is 0 Å². The zero-order valence-electron chi connectivity index (χ0n) is 13.3. The van der Waals surface area contributed by atoms with Crippen molar-refractivity contribution in [1.29, 1.82) is 0 Å². The van der Waals surface area contributed by atoms with Crippen molar-refractivity contribution in [3.8, 4) is 5.75 Å². The third kappa shape index (κ3) is 2.90. The van der Waals surface area contributed by atoms with Gasteiger partial charge in [0, 0.05) is 11.1 Å². The van der Waals surface area contributed by atoms with Gasteiger partial charge >= 0.3 is 0 Å². The number of methoxy groups -OCH3 is 1. The molecule has 112 valence electrons. The Bertz CT molecular complexity index is 653. The molecule has 1 unspecified atom stereocenters. The number of aromatic nitrogens is 2. The van der Waals surface area contributed by atoms with Crippen LogP contribution in [0.15, 0.2) is 18.2 Å². The van der Waals surface area contributed by atoms with Gasteiger partial charge in [0.25, 0.3) is 0 Å². The first-order chi connectivity index (χ1) is 9.99. The quantitative estimate of drug-likeness (QED) is 0.938. The molecule has 0 aliphatic rings. The number of ether oxygens (including phenoxy) is 1. The lowest BCUT2D eigenvalue weighted by Crippen LogP contribution is -2.09. The van der Waals surface area contributed by atoms with Crippen LogP contribution in [0.5, 0.6) is 5.75 Å². The van der Waals surface area contributed by atoms with Gasteiger partial charge in [-0.05, 0) is 44.4 Å². The summed E-state index contributed by atoms with van der Waals surface area (Å²) in [6, 6.07) is 5.82. The number of hydrogen-bond donors (Lipinski definition) is 1. The first-order valence-electron chi connectivity index (χ1n) is 7.14. The van der Waals surface area contributed by atoms with Crippen LogP contribution in [-0.2, 0) is 6.42 Å². The van der Waals surface area contributed by atoms with E-state index in [1.165, 1.54) is 0 Å². The van der Waals surface area contributed by atoms with E-state index in [2.05, 4.69) is 10.2 Å². The molecule has 4 heteroatoms. The third-order valence-corrected chi connectivity index (χ3v) is 3.86. The van der Waals surface area contributed by atoms with Crippen LogP contribution in [0.2, 0.25) is 0 Å². The SMILES string of the molecule is CCc1nnc(C)cc1C(O)c1ccc(C)c(C)c1OC. The summed E-state index contributed by atoms with van der Waals surface area (Å²) in [5.74, 6) is 0.735. The largest absolute Gasteiger partial charge is 0.496 e. The number of nitrogens with zero attached hydrogens (tertiary/aromatic N) is 2. The van der Waals surface area contributed by atoms with E-state index >= 15 is 0 Å². The average molecular weight is 286 g/mol. The van der Waals surface area contributed by atoms with E-state index in [0.717, 1.165) is 45.8 Å². The number of aliphatic hydroxyl groups excluding tert-OH is 1. The zero-order chi connectivity index (χ0) is 15.6. The Kier molecular flexibility index (Phi) is 4.58. The molecule has 1 N–H and O–H groups in total. The second-order valence-electron chi connectivity index (χ2n) is 5.27. The van der Waals surface area contributed by atoms with E-state index in [1.807, 2.05) is 45.9 Å². The Labute approximate surface area is 125 Å². The minimum Gasteiger partial charge on any atom is -0.496 e. The smallest absolute Gasteiger partial charge is 0.128 e. The summed E-state index contributed by atoms with van der Waals surface area (Å²) >= 11 is 0. The van der Waals surface area contributed by atoms with E-state index in [9.17, 15) is 5.11 Å². The number of benzene rings is 1. The van der Waals surface area contributed by atoms with Crippen LogP contribution in [0, 0.1) is 20.8 Å². The molecule has 1 heterocycles. The van der Waals surface area contributed by atoms with Gasteiger partial charge in [-0.1, -0.05) is 19.1 Å². The molecule has 0 radical (unpaired) electrons. The van der Waals surface area contributed by atoms with Crippen LogP contribution in [0.1, 0.15) is 46.7 Å². The Balaban J connectivity index is 2.57. The molecule has 2 rings (SSSR count). The van der Waals surface area contributed by atoms with Crippen molar-refractivity contribution in [2.75, 3.05) is 7.11 Å². The average Bonchev–Trinajstić information content (AvgIpc) is 2.49. The lowest BCUT2D eigenvalue weighted by Gasteiger charge is -2.19. The lowest BCUT2D eigenvalue weighted by molar-refractivity contribution is 0.212. The number of rotatable bonds is 4. The fraction of sp³-hybridized carbons (Fsp3) is 0.412. The van der Waals surface area contributed by atoms with Crippen LogP contribution >= 0.6 is 0 Å². The van der Waals surface area contributed by atoms with Crippen molar-refractivity contribution in [2.45, 2.75) is 40.2 Å². The summed E-state index contributed by atoms with van der Waals surface area (Å²) < 4.78 is 5.51. The summed E-state index contributed by atoms with van der Waals surface area (Å²) in [5.41, 5.74) is 5.36. The van der Waals surface area contributed by atoms with E-state index in [4.69, 9.17) is 4.74 Å². The first-order valence-corrected chi connectivity index (χ1v) is 7.14. The molecule has 0 saturated heterocycles. The van der Waals surface area contributed by atoms with Crippen LogP contribution in [0.3, 0.4) is 0 Å². The Morgan fingerprint density at radius 2 is 1.86 bits per heavy atom. The minimum atomic E-state index is -0.761. The highest BCUT2D eigenvalue weighted by atomic mass is 16.5. The molecule has 0 amide bonds. The second-order valence-corrected chi connectivity index (χ2v) is 5.27. The maximum absolute atomic E-state index is 10.8. The normalized spacial score (nSPS) is 12.3. The van der Waals surface area contributed by atoms with Gasteiger partial charge in [-0.15, -0.1) is 0 Å². The molecule has 1 aromatic heterocycles. The highest BCUT2D eigenvalue weighted by Crippen LogP contribution is 2.35. The third-order valence-electron chi connectivity index (χ3n) is 3.86. The highest BCUT2D eigenvalue weighted by molar-refractivity contribution is 5.49. The fourth-order valence-corrected chi connectivity index (χ4v) is 2.51. The van der Waals surface area contributed by atoms with Gasteiger partial charge in [0.1, 0.15) is 11.9 Å². The van der Waals surface area contributed by atoms with Crippen LogP contribution in [0.25, 0.3) is 0 Å². The Hall–Kier alpha value is -1.94. The maximum atomic E-state index is 10.8. The molecule has 1 aromatic carbocycles. The van der Waals surface area contributed by atoms with Crippen molar-refractivity contribution in [1.82, 2.24) is 10.2 Å². The predicted molar refractivity (Wildman–Crippen MR) is 82.7 cm³/mol. The van der Waals surface area contributed by atoms with Crippen molar-refractivity contribution in [2.24, 2.45) is 0 Å². The standard InChI is InChI=1S/C17H22N2O2/c1-6-15-14(9-11(3)18-19-15)16(20)13-8-7-10(2)12(4)17(13)21-5/h7-9,16,20H,6H2,1-5H3. The van der Waals surface area contributed by atoms with Crippen LogP contribution in [0.4, 0.5) is 0 Å². The molecule has 0 aliphatic heterocycles. The molecule has 4 nitrogen and oxygen atoms in total. The summed E-state index contributed by atoms with van der Waals surface area (Å²) in [6.45, 7) is 7.91. The number of hydrogen-bond acceptors (Lipinski definition) is 4. The van der Waals surface area contributed by atoms with Crippen molar-refractivity contribution in [3.63, 3.8) is 0 Å². The minimum absolute atomic E-state index is 0.729. The topological polar surface area (TPSA) is 55.2 Å². The van der Waals surface area contributed by atoms with Crippen LogP contribution < -0.4 is 4.74 Å². The summed E-state index contributed by atoms with van der Waals surface area (Å²) in [7, 11) is 1.63. The first kappa shape index (κ1) is 15.4. The van der Waals surface area contributed by atoms with Gasteiger partial charge in [-0.3, -0.25) is 0 Å². The second kappa shape index (κ2) is 6.22. The highest BCUT2D eigenvalue weighted by Gasteiger charge is 2.21. The van der Waals surface area contributed by atoms with Gasteiger partial charge in [-0.2, -0.15) is 10.2 Å². The number of aryl methyl sites for hydroxylation is 3. The monoisotopic (exact) mass is 286 g/mol. The molecule has 0 spiro atoms. The number of aliphatic hydroxyl groups is 1. The lowest BCUT2D eigenvalue weighted by atomic mass is 9.95. The van der Waals surface area contributed by atoms with E-state index in [-0.39, 0.29) is 0 Å². The molecule has 0 fully saturated rings. The summed E-state index contributed by atoms with van der Waals surface area (Å²) in [5, 5.41) is 19.1. The summed E-state index contributed by atoms with van der Waals surface area (Å²) in [4.78, 5) is 0. The van der Waals surface area contributed by atoms with E-state index < -0.39 is 6.10 Å². The van der Waals surface area contributed by atoms with Crippen molar-refractivity contribution >= 4 is 0 Å². The molecule has 0 saturated carbocycles. The van der Waals surface area contributed by atoms with Gasteiger partial charge in [-0.25, -0.2) is 0 Å². The fourth-order valence-electron chi connectivity index (χ4n) is 2.51.